The van der Waals surface area contributed by atoms with E-state index < -0.39 is 0 Å². The number of esters is 1. The van der Waals surface area contributed by atoms with Crippen LogP contribution in [0.5, 0.6) is 0 Å². The maximum absolute atomic E-state index is 11.0. The second-order valence-corrected chi connectivity index (χ2v) is 3.87. The van der Waals surface area contributed by atoms with Gasteiger partial charge in [0.15, 0.2) is 0 Å². The van der Waals surface area contributed by atoms with Gasteiger partial charge in [0, 0.05) is 25.8 Å². The van der Waals surface area contributed by atoms with E-state index in [0.717, 1.165) is 12.8 Å². The van der Waals surface area contributed by atoms with E-state index in [0.29, 0.717) is 25.3 Å². The van der Waals surface area contributed by atoms with Gasteiger partial charge in [0.05, 0.1) is 12.7 Å². The lowest BCUT2D eigenvalue weighted by Crippen LogP contribution is -2.36. The van der Waals surface area contributed by atoms with Gasteiger partial charge in [0.2, 0.25) is 0 Å². The van der Waals surface area contributed by atoms with Gasteiger partial charge in [-0.15, -0.1) is 0 Å². The molecule has 1 saturated carbocycles. The van der Waals surface area contributed by atoms with Crippen molar-refractivity contribution in [1.29, 1.82) is 0 Å². The third-order valence-electron chi connectivity index (χ3n) is 2.79. The quantitative estimate of drug-likeness (QED) is 0.548. The molecule has 4 nitrogen and oxygen atoms in total. The summed E-state index contributed by atoms with van der Waals surface area (Å²) in [6.07, 6.45) is 7.05. The summed E-state index contributed by atoms with van der Waals surface area (Å²) in [6, 6.07) is 0.414. The Balaban J connectivity index is 2.17. The normalized spacial score (nSPS) is 25.1. The third-order valence-corrected chi connectivity index (χ3v) is 2.79. The minimum atomic E-state index is -0.279. The van der Waals surface area contributed by atoms with E-state index in [2.05, 4.69) is 5.32 Å². The fourth-order valence-electron chi connectivity index (χ4n) is 2.01. The zero-order valence-corrected chi connectivity index (χ0v) is 10.1. The molecule has 0 bridgehead atoms. The Labute approximate surface area is 97.0 Å². The van der Waals surface area contributed by atoms with E-state index in [1.54, 1.807) is 20.1 Å². The van der Waals surface area contributed by atoms with Crippen LogP contribution < -0.4 is 5.32 Å². The Morgan fingerprint density at radius 2 is 2.31 bits per heavy atom. The smallest absolute Gasteiger partial charge is 0.330 e. The van der Waals surface area contributed by atoms with E-state index in [4.69, 9.17) is 9.47 Å². The van der Waals surface area contributed by atoms with E-state index >= 15 is 0 Å². The lowest BCUT2D eigenvalue weighted by atomic mass is 10.2. The summed E-state index contributed by atoms with van der Waals surface area (Å²) in [5, 5.41) is 3.36. The number of carbonyl (C=O) groups is 1. The molecular formula is C12H21NO3. The molecule has 0 aromatic carbocycles. The Morgan fingerprint density at radius 3 is 3.00 bits per heavy atom. The number of rotatable bonds is 6. The molecule has 4 heteroatoms. The molecule has 16 heavy (non-hydrogen) atoms. The van der Waals surface area contributed by atoms with Gasteiger partial charge in [-0.25, -0.2) is 4.79 Å². The van der Waals surface area contributed by atoms with Crippen LogP contribution in [-0.4, -0.2) is 38.4 Å². The van der Waals surface area contributed by atoms with E-state index in [1.165, 1.54) is 12.5 Å². The molecule has 0 amide bonds. The van der Waals surface area contributed by atoms with Crippen molar-refractivity contribution in [1.82, 2.24) is 5.32 Å². The van der Waals surface area contributed by atoms with Crippen LogP contribution in [0, 0.1) is 0 Å². The third kappa shape index (κ3) is 4.33. The van der Waals surface area contributed by atoms with Crippen LogP contribution >= 0.6 is 0 Å². The van der Waals surface area contributed by atoms with Gasteiger partial charge in [-0.05, 0) is 26.2 Å². The van der Waals surface area contributed by atoms with Gasteiger partial charge in [-0.1, -0.05) is 6.08 Å². The molecule has 1 aliphatic rings. The highest BCUT2D eigenvalue weighted by Gasteiger charge is 2.25. The maximum Gasteiger partial charge on any atom is 0.330 e. The predicted molar refractivity (Wildman–Crippen MR) is 62.2 cm³/mol. The van der Waals surface area contributed by atoms with Crippen molar-refractivity contribution in [2.24, 2.45) is 0 Å². The minimum Gasteiger partial charge on any atom is -0.463 e. The van der Waals surface area contributed by atoms with Gasteiger partial charge in [0.1, 0.15) is 0 Å². The van der Waals surface area contributed by atoms with Crippen LogP contribution in [0.15, 0.2) is 12.2 Å². The molecule has 2 unspecified atom stereocenters. The molecule has 0 aliphatic heterocycles. The first-order valence-corrected chi connectivity index (χ1v) is 5.87. The largest absolute Gasteiger partial charge is 0.463 e. The second kappa shape index (κ2) is 7.41. The lowest BCUT2D eigenvalue weighted by Gasteiger charge is -2.18. The monoisotopic (exact) mass is 227 g/mol. The fraction of sp³-hybridized carbons (Fsp3) is 0.750. The highest BCUT2D eigenvalue weighted by Crippen LogP contribution is 2.21. The van der Waals surface area contributed by atoms with Crippen LogP contribution in [0.4, 0.5) is 0 Å². The first-order valence-electron chi connectivity index (χ1n) is 5.87. The predicted octanol–water partition coefficient (Wildman–Crippen LogP) is 1.26. The fourth-order valence-corrected chi connectivity index (χ4v) is 2.01. The second-order valence-electron chi connectivity index (χ2n) is 3.87. The molecule has 1 rings (SSSR count). The van der Waals surface area contributed by atoms with Gasteiger partial charge >= 0.3 is 5.97 Å². The molecule has 1 aliphatic carbocycles. The summed E-state index contributed by atoms with van der Waals surface area (Å²) >= 11 is 0. The molecule has 0 aromatic rings. The molecule has 0 heterocycles. The number of hydrogen-bond donors (Lipinski definition) is 1. The van der Waals surface area contributed by atoms with Crippen molar-refractivity contribution < 1.29 is 14.3 Å². The number of methoxy groups -OCH3 is 1. The molecule has 0 spiro atoms. The summed E-state index contributed by atoms with van der Waals surface area (Å²) in [6.45, 7) is 2.90. The molecule has 2 atom stereocenters. The Morgan fingerprint density at radius 1 is 1.50 bits per heavy atom. The first-order chi connectivity index (χ1) is 7.77. The molecule has 0 radical (unpaired) electrons. The Hall–Kier alpha value is -0.870. The van der Waals surface area contributed by atoms with Crippen molar-refractivity contribution in [3.05, 3.63) is 12.2 Å². The summed E-state index contributed by atoms with van der Waals surface area (Å²) in [5.41, 5.74) is 0. The SMILES string of the molecule is CCOC(=O)/C=C/CNC1CCCC1OC. The Kier molecular flexibility index (Phi) is 6.11. The van der Waals surface area contributed by atoms with Crippen LogP contribution in [-0.2, 0) is 14.3 Å². The van der Waals surface area contributed by atoms with Crippen molar-refractivity contribution in [2.45, 2.75) is 38.3 Å². The van der Waals surface area contributed by atoms with Crippen LogP contribution in [0.2, 0.25) is 0 Å². The van der Waals surface area contributed by atoms with Crippen molar-refractivity contribution in [2.75, 3.05) is 20.3 Å². The molecular weight excluding hydrogens is 206 g/mol. The zero-order chi connectivity index (χ0) is 11.8. The number of hydrogen-bond acceptors (Lipinski definition) is 4. The number of nitrogens with one attached hydrogen (secondary N) is 1. The maximum atomic E-state index is 11.0. The zero-order valence-electron chi connectivity index (χ0n) is 10.1. The number of ether oxygens (including phenoxy) is 2. The van der Waals surface area contributed by atoms with Crippen molar-refractivity contribution in [3.63, 3.8) is 0 Å². The highest BCUT2D eigenvalue weighted by molar-refractivity contribution is 5.81. The van der Waals surface area contributed by atoms with Crippen LogP contribution in [0.3, 0.4) is 0 Å². The van der Waals surface area contributed by atoms with Crippen molar-refractivity contribution in [3.8, 4) is 0 Å². The van der Waals surface area contributed by atoms with Crippen LogP contribution in [0.1, 0.15) is 26.2 Å². The summed E-state index contributed by atoms with van der Waals surface area (Å²) in [4.78, 5) is 11.0. The standard InChI is InChI=1S/C12H21NO3/c1-3-16-12(14)8-5-9-13-10-6-4-7-11(10)15-2/h5,8,10-11,13H,3-4,6-7,9H2,1-2H3/b8-5+. The molecule has 92 valence electrons. The minimum absolute atomic E-state index is 0.279. The van der Waals surface area contributed by atoms with Crippen LogP contribution in [0.25, 0.3) is 0 Å². The summed E-state index contributed by atoms with van der Waals surface area (Å²) in [5.74, 6) is -0.279. The first kappa shape index (κ1) is 13.2. The summed E-state index contributed by atoms with van der Waals surface area (Å²) in [7, 11) is 1.75. The average Bonchev–Trinajstić information content (AvgIpc) is 2.72. The molecule has 1 fully saturated rings. The van der Waals surface area contributed by atoms with E-state index in [9.17, 15) is 4.79 Å². The Bertz CT molecular complexity index is 240. The molecule has 1 N–H and O–H groups in total. The highest BCUT2D eigenvalue weighted by atomic mass is 16.5. The van der Waals surface area contributed by atoms with E-state index in [-0.39, 0.29) is 5.97 Å². The van der Waals surface area contributed by atoms with Crippen molar-refractivity contribution >= 4 is 5.97 Å². The molecule has 0 saturated heterocycles. The lowest BCUT2D eigenvalue weighted by molar-refractivity contribution is -0.137. The van der Waals surface area contributed by atoms with Gasteiger partial charge < -0.3 is 14.8 Å². The molecule has 0 aromatic heterocycles. The van der Waals surface area contributed by atoms with Gasteiger partial charge in [0.25, 0.3) is 0 Å². The topological polar surface area (TPSA) is 47.6 Å². The van der Waals surface area contributed by atoms with Gasteiger partial charge in [-0.3, -0.25) is 0 Å². The average molecular weight is 227 g/mol. The number of carbonyl (C=O) groups excluding carboxylic acids is 1. The van der Waals surface area contributed by atoms with Gasteiger partial charge in [-0.2, -0.15) is 0 Å². The van der Waals surface area contributed by atoms with E-state index in [1.807, 2.05) is 0 Å². The summed E-state index contributed by atoms with van der Waals surface area (Å²) < 4.78 is 10.1.